The van der Waals surface area contributed by atoms with E-state index in [1.165, 1.54) is 0 Å². The summed E-state index contributed by atoms with van der Waals surface area (Å²) >= 11 is 0. The number of carbonyl (C=O) groups excluding carboxylic acids is 2. The van der Waals surface area contributed by atoms with Crippen LogP contribution in [0.15, 0.2) is 30.6 Å². The van der Waals surface area contributed by atoms with Crippen molar-refractivity contribution < 1.29 is 9.59 Å². The lowest BCUT2D eigenvalue weighted by atomic mass is 10.2. The highest BCUT2D eigenvalue weighted by molar-refractivity contribution is 5.99. The molecule has 1 unspecified atom stereocenters. The van der Waals surface area contributed by atoms with Crippen LogP contribution in [-0.4, -0.2) is 27.8 Å². The molecule has 2 amide bonds. The van der Waals surface area contributed by atoms with Crippen molar-refractivity contribution in [2.24, 2.45) is 0 Å². The second kappa shape index (κ2) is 4.64. The number of hydrogen-bond acceptors (Lipinski definition) is 4. The van der Waals surface area contributed by atoms with E-state index in [4.69, 9.17) is 0 Å². The molecule has 0 radical (unpaired) electrons. The molecule has 1 saturated heterocycles. The van der Waals surface area contributed by atoms with Gasteiger partial charge in [0.05, 0.1) is 11.0 Å². The highest BCUT2D eigenvalue weighted by Gasteiger charge is 2.27. The molecule has 1 atom stereocenters. The predicted molar refractivity (Wildman–Crippen MR) is 69.3 cm³/mol. The molecule has 0 bridgehead atoms. The van der Waals surface area contributed by atoms with Crippen LogP contribution < -0.4 is 10.6 Å². The molecule has 3 rings (SSSR count). The third-order valence-electron chi connectivity index (χ3n) is 3.05. The highest BCUT2D eigenvalue weighted by atomic mass is 16.2. The van der Waals surface area contributed by atoms with E-state index in [0.29, 0.717) is 18.5 Å². The standard InChI is InChI=1S/C13H12N4O2/c18-12-4-3-10(17-12)13(19)16-8-1-2-9-11(7-8)15-6-5-14-9/h1-2,5-7,10H,3-4H2,(H,16,19)(H,17,18). The molecular formula is C13H12N4O2. The van der Waals surface area contributed by atoms with Crippen LogP contribution in [0.3, 0.4) is 0 Å². The number of carbonyl (C=O) groups is 2. The van der Waals surface area contributed by atoms with E-state index in [2.05, 4.69) is 20.6 Å². The van der Waals surface area contributed by atoms with E-state index in [1.54, 1.807) is 30.6 Å². The SMILES string of the molecule is O=C1CCC(C(=O)Nc2ccc3nccnc3c2)N1. The number of nitrogens with zero attached hydrogens (tertiary/aromatic N) is 2. The van der Waals surface area contributed by atoms with E-state index in [9.17, 15) is 9.59 Å². The number of fused-ring (bicyclic) bond motifs is 1. The molecule has 1 aliphatic heterocycles. The van der Waals surface area contributed by atoms with Crippen LogP contribution in [0.5, 0.6) is 0 Å². The van der Waals surface area contributed by atoms with Crippen molar-refractivity contribution >= 4 is 28.5 Å². The van der Waals surface area contributed by atoms with Gasteiger partial charge in [-0.25, -0.2) is 0 Å². The van der Waals surface area contributed by atoms with Gasteiger partial charge >= 0.3 is 0 Å². The number of rotatable bonds is 2. The van der Waals surface area contributed by atoms with Crippen LogP contribution in [0, 0.1) is 0 Å². The Hall–Kier alpha value is -2.50. The fourth-order valence-corrected chi connectivity index (χ4v) is 2.08. The average molecular weight is 256 g/mol. The summed E-state index contributed by atoms with van der Waals surface area (Å²) in [5, 5.41) is 5.41. The second-order valence-corrected chi connectivity index (χ2v) is 4.41. The maximum absolute atomic E-state index is 11.9. The van der Waals surface area contributed by atoms with Crippen molar-refractivity contribution in [3.05, 3.63) is 30.6 Å². The Bertz CT molecular complexity index is 656. The maximum atomic E-state index is 11.9. The molecule has 2 aromatic rings. The molecule has 1 fully saturated rings. The van der Waals surface area contributed by atoms with Crippen molar-refractivity contribution in [1.82, 2.24) is 15.3 Å². The summed E-state index contributed by atoms with van der Waals surface area (Å²) in [5.41, 5.74) is 2.14. The van der Waals surface area contributed by atoms with Gasteiger partial charge in [-0.3, -0.25) is 19.6 Å². The number of aromatic nitrogens is 2. The quantitative estimate of drug-likeness (QED) is 0.834. The van der Waals surface area contributed by atoms with Crippen molar-refractivity contribution in [2.45, 2.75) is 18.9 Å². The summed E-state index contributed by atoms with van der Waals surface area (Å²) in [6, 6.07) is 4.89. The van der Waals surface area contributed by atoms with Crippen LogP contribution in [-0.2, 0) is 9.59 Å². The van der Waals surface area contributed by atoms with Crippen LogP contribution in [0.4, 0.5) is 5.69 Å². The Labute approximate surface area is 109 Å². The molecule has 2 N–H and O–H groups in total. The minimum Gasteiger partial charge on any atom is -0.344 e. The first-order valence-electron chi connectivity index (χ1n) is 6.03. The van der Waals surface area contributed by atoms with Crippen LogP contribution in [0.2, 0.25) is 0 Å². The van der Waals surface area contributed by atoms with E-state index < -0.39 is 6.04 Å². The van der Waals surface area contributed by atoms with E-state index >= 15 is 0 Å². The summed E-state index contributed by atoms with van der Waals surface area (Å²) in [6.07, 6.45) is 4.17. The van der Waals surface area contributed by atoms with Crippen LogP contribution in [0.1, 0.15) is 12.8 Å². The summed E-state index contributed by atoms with van der Waals surface area (Å²) in [4.78, 5) is 31.3. The number of nitrogens with one attached hydrogen (secondary N) is 2. The van der Waals surface area contributed by atoms with E-state index in [1.807, 2.05) is 0 Å². The zero-order chi connectivity index (χ0) is 13.2. The zero-order valence-electron chi connectivity index (χ0n) is 10.1. The van der Waals surface area contributed by atoms with Gasteiger partial charge in [0.15, 0.2) is 0 Å². The van der Waals surface area contributed by atoms with Gasteiger partial charge in [-0.05, 0) is 24.6 Å². The molecule has 6 nitrogen and oxygen atoms in total. The van der Waals surface area contributed by atoms with E-state index in [0.717, 1.165) is 11.0 Å². The zero-order valence-corrected chi connectivity index (χ0v) is 10.1. The van der Waals surface area contributed by atoms with E-state index in [-0.39, 0.29) is 11.8 Å². The lowest BCUT2D eigenvalue weighted by Gasteiger charge is -2.11. The monoisotopic (exact) mass is 256 g/mol. The number of hydrogen-bond donors (Lipinski definition) is 2. The topological polar surface area (TPSA) is 84.0 Å². The van der Waals surface area contributed by atoms with Gasteiger partial charge in [0, 0.05) is 24.5 Å². The number of anilines is 1. The molecule has 96 valence electrons. The Balaban J connectivity index is 1.77. The normalized spacial score (nSPS) is 18.3. The van der Waals surface area contributed by atoms with Gasteiger partial charge in [0.2, 0.25) is 11.8 Å². The summed E-state index contributed by atoms with van der Waals surface area (Å²) < 4.78 is 0. The van der Waals surface area contributed by atoms with Gasteiger partial charge in [0.25, 0.3) is 0 Å². The fourth-order valence-electron chi connectivity index (χ4n) is 2.08. The lowest BCUT2D eigenvalue weighted by molar-refractivity contribution is -0.122. The minimum absolute atomic E-state index is 0.0791. The molecule has 19 heavy (non-hydrogen) atoms. The molecule has 0 saturated carbocycles. The molecular weight excluding hydrogens is 244 g/mol. The highest BCUT2D eigenvalue weighted by Crippen LogP contribution is 2.16. The third-order valence-corrected chi connectivity index (χ3v) is 3.05. The summed E-state index contributed by atoms with van der Waals surface area (Å²) in [5.74, 6) is -0.279. The predicted octanol–water partition coefficient (Wildman–Crippen LogP) is 0.847. The molecule has 2 heterocycles. The smallest absolute Gasteiger partial charge is 0.246 e. The van der Waals surface area contributed by atoms with Crippen molar-refractivity contribution in [1.29, 1.82) is 0 Å². The Morgan fingerprint density at radius 2 is 2.05 bits per heavy atom. The molecule has 1 aliphatic rings. The molecule has 1 aromatic heterocycles. The first-order chi connectivity index (χ1) is 9.22. The lowest BCUT2D eigenvalue weighted by Crippen LogP contribution is -2.37. The Morgan fingerprint density at radius 1 is 1.26 bits per heavy atom. The Morgan fingerprint density at radius 3 is 2.79 bits per heavy atom. The van der Waals surface area contributed by atoms with Gasteiger partial charge in [0.1, 0.15) is 6.04 Å². The molecule has 0 aliphatic carbocycles. The van der Waals surface area contributed by atoms with Gasteiger partial charge in [-0.1, -0.05) is 0 Å². The van der Waals surface area contributed by atoms with Crippen molar-refractivity contribution in [3.63, 3.8) is 0 Å². The average Bonchev–Trinajstić information content (AvgIpc) is 2.85. The molecule has 0 spiro atoms. The fraction of sp³-hybridized carbons (Fsp3) is 0.231. The van der Waals surface area contributed by atoms with Crippen LogP contribution in [0.25, 0.3) is 11.0 Å². The number of amides is 2. The largest absolute Gasteiger partial charge is 0.344 e. The maximum Gasteiger partial charge on any atom is 0.246 e. The second-order valence-electron chi connectivity index (χ2n) is 4.41. The molecule has 6 heteroatoms. The summed E-state index contributed by atoms with van der Waals surface area (Å²) in [6.45, 7) is 0. The van der Waals surface area contributed by atoms with Gasteiger partial charge < -0.3 is 10.6 Å². The van der Waals surface area contributed by atoms with Crippen molar-refractivity contribution in [3.8, 4) is 0 Å². The summed E-state index contributed by atoms with van der Waals surface area (Å²) in [7, 11) is 0. The first kappa shape index (κ1) is 11.6. The minimum atomic E-state index is -0.440. The Kier molecular flexibility index (Phi) is 2.83. The third kappa shape index (κ3) is 2.37. The first-order valence-corrected chi connectivity index (χ1v) is 6.03. The van der Waals surface area contributed by atoms with Crippen LogP contribution >= 0.6 is 0 Å². The van der Waals surface area contributed by atoms with Crippen molar-refractivity contribution in [2.75, 3.05) is 5.32 Å². The van der Waals surface area contributed by atoms with Gasteiger partial charge in [-0.15, -0.1) is 0 Å². The number of benzene rings is 1. The molecule has 1 aromatic carbocycles. The van der Waals surface area contributed by atoms with Gasteiger partial charge in [-0.2, -0.15) is 0 Å².